The minimum atomic E-state index is -0.316. The van der Waals surface area contributed by atoms with E-state index in [1.165, 1.54) is 11.8 Å². The molecule has 1 atom stereocenters. The van der Waals surface area contributed by atoms with Gasteiger partial charge in [-0.15, -0.1) is 5.10 Å². The lowest BCUT2D eigenvalue weighted by Gasteiger charge is -2.18. The van der Waals surface area contributed by atoms with Gasteiger partial charge < -0.3 is 5.32 Å². The zero-order valence-electron chi connectivity index (χ0n) is 16.0. The van der Waals surface area contributed by atoms with Crippen LogP contribution in [0, 0.1) is 6.92 Å². The van der Waals surface area contributed by atoms with Gasteiger partial charge in [0.2, 0.25) is 11.1 Å². The van der Waals surface area contributed by atoms with Crippen LogP contribution in [0.15, 0.2) is 53.7 Å². The van der Waals surface area contributed by atoms with Crippen molar-refractivity contribution in [3.8, 4) is 11.4 Å². The van der Waals surface area contributed by atoms with Crippen LogP contribution in [0.5, 0.6) is 0 Å². The number of nitrogens with zero attached hydrogens (tertiary/aromatic N) is 2. The number of amides is 1. The van der Waals surface area contributed by atoms with Crippen LogP contribution in [0.1, 0.15) is 37.8 Å². The molecule has 2 aromatic carbocycles. The topological polar surface area (TPSA) is 70.7 Å². The van der Waals surface area contributed by atoms with E-state index in [2.05, 4.69) is 40.4 Å². The van der Waals surface area contributed by atoms with Gasteiger partial charge in [0, 0.05) is 11.3 Å². The third-order valence-corrected chi connectivity index (χ3v) is 5.30. The molecule has 1 aromatic heterocycles. The van der Waals surface area contributed by atoms with Gasteiger partial charge in [-0.1, -0.05) is 74.1 Å². The molecule has 1 heterocycles. The molecule has 2 N–H and O–H groups in total. The van der Waals surface area contributed by atoms with Crippen molar-refractivity contribution in [3.63, 3.8) is 0 Å². The highest BCUT2D eigenvalue weighted by Gasteiger charge is 2.20. The van der Waals surface area contributed by atoms with Crippen molar-refractivity contribution in [2.75, 3.05) is 5.32 Å². The highest BCUT2D eigenvalue weighted by atomic mass is 32.2. The second kappa shape index (κ2) is 8.39. The van der Waals surface area contributed by atoms with Crippen molar-refractivity contribution in [1.29, 1.82) is 0 Å². The van der Waals surface area contributed by atoms with E-state index < -0.39 is 0 Å². The Morgan fingerprint density at radius 2 is 1.81 bits per heavy atom. The van der Waals surface area contributed by atoms with E-state index in [9.17, 15) is 4.79 Å². The Hall–Kier alpha value is -2.60. The number of aryl methyl sites for hydroxylation is 1. The smallest absolute Gasteiger partial charge is 0.237 e. The quantitative estimate of drug-likeness (QED) is 0.589. The minimum absolute atomic E-state index is 0.0535. The number of rotatable bonds is 6. The van der Waals surface area contributed by atoms with E-state index in [4.69, 9.17) is 0 Å². The highest BCUT2D eigenvalue weighted by molar-refractivity contribution is 8.00. The lowest BCUT2D eigenvalue weighted by molar-refractivity contribution is -0.115. The Balaban J connectivity index is 1.70. The lowest BCUT2D eigenvalue weighted by atomic mass is 9.98. The Morgan fingerprint density at radius 1 is 1.07 bits per heavy atom. The molecule has 27 heavy (non-hydrogen) atoms. The van der Waals surface area contributed by atoms with Crippen molar-refractivity contribution >= 4 is 23.4 Å². The number of H-pyrrole nitrogens is 1. The Labute approximate surface area is 164 Å². The van der Waals surface area contributed by atoms with E-state index in [-0.39, 0.29) is 11.2 Å². The number of nitrogens with one attached hydrogen (secondary N) is 2. The molecule has 0 fully saturated rings. The molecule has 6 heteroatoms. The molecule has 0 radical (unpaired) electrons. The second-order valence-electron chi connectivity index (χ2n) is 6.78. The zero-order chi connectivity index (χ0) is 19.4. The van der Waals surface area contributed by atoms with Gasteiger partial charge in [-0.2, -0.15) is 0 Å². The number of carbonyl (C=O) groups excluding carboxylic acids is 1. The van der Waals surface area contributed by atoms with E-state index in [0.717, 1.165) is 22.4 Å². The minimum Gasteiger partial charge on any atom is -0.325 e. The molecule has 0 aliphatic rings. The van der Waals surface area contributed by atoms with Crippen LogP contribution in [-0.4, -0.2) is 26.3 Å². The molecule has 0 saturated heterocycles. The molecule has 3 rings (SSSR count). The monoisotopic (exact) mass is 380 g/mol. The van der Waals surface area contributed by atoms with Gasteiger partial charge in [-0.3, -0.25) is 9.89 Å². The summed E-state index contributed by atoms with van der Waals surface area (Å²) >= 11 is 1.34. The number of hydrogen-bond acceptors (Lipinski definition) is 4. The van der Waals surface area contributed by atoms with Crippen molar-refractivity contribution < 1.29 is 4.79 Å². The van der Waals surface area contributed by atoms with Crippen molar-refractivity contribution in [3.05, 3.63) is 59.7 Å². The molecule has 0 spiro atoms. The van der Waals surface area contributed by atoms with Crippen molar-refractivity contribution in [1.82, 2.24) is 15.2 Å². The average molecular weight is 381 g/mol. The number of hydrogen-bond donors (Lipinski definition) is 2. The van der Waals surface area contributed by atoms with E-state index in [1.807, 2.05) is 56.3 Å². The molecule has 3 aromatic rings. The summed E-state index contributed by atoms with van der Waals surface area (Å²) < 4.78 is 0. The normalized spacial score (nSPS) is 12.2. The SMILES string of the molecule is Cc1cccc(C(C)C)c1NC(=O)[C@H](C)Sc1n[nH]c(-c2ccccc2)n1. The maximum atomic E-state index is 12.7. The highest BCUT2D eigenvalue weighted by Crippen LogP contribution is 2.29. The van der Waals surface area contributed by atoms with E-state index >= 15 is 0 Å². The van der Waals surface area contributed by atoms with E-state index in [1.54, 1.807) is 0 Å². The summed E-state index contributed by atoms with van der Waals surface area (Å²) in [7, 11) is 0. The predicted octanol–water partition coefficient (Wildman–Crippen LogP) is 5.02. The van der Waals surface area contributed by atoms with Crippen LogP contribution in [0.2, 0.25) is 0 Å². The largest absolute Gasteiger partial charge is 0.325 e. The number of aromatic nitrogens is 3. The molecule has 140 valence electrons. The molecule has 0 saturated carbocycles. The second-order valence-corrected chi connectivity index (χ2v) is 8.08. The fourth-order valence-electron chi connectivity index (χ4n) is 2.80. The van der Waals surface area contributed by atoms with E-state index in [0.29, 0.717) is 16.9 Å². The summed E-state index contributed by atoms with van der Waals surface area (Å²) in [6, 6.07) is 15.9. The van der Waals surface area contributed by atoms with Crippen LogP contribution < -0.4 is 5.32 Å². The van der Waals surface area contributed by atoms with Crippen LogP contribution in [-0.2, 0) is 4.79 Å². The van der Waals surface area contributed by atoms with Crippen LogP contribution in [0.3, 0.4) is 0 Å². The molecule has 5 nitrogen and oxygen atoms in total. The molecule has 0 aliphatic carbocycles. The van der Waals surface area contributed by atoms with Gasteiger partial charge in [0.15, 0.2) is 5.82 Å². The van der Waals surface area contributed by atoms with Crippen molar-refractivity contribution in [2.45, 2.75) is 44.0 Å². The Kier molecular flexibility index (Phi) is 5.96. The molecule has 0 bridgehead atoms. The standard InChI is InChI=1S/C21H24N4OS/c1-13(2)17-12-8-9-14(3)18(17)22-20(26)15(4)27-21-23-19(24-25-21)16-10-6-5-7-11-16/h5-13,15H,1-4H3,(H,22,26)(H,23,24,25)/t15-/m0/s1. The van der Waals surface area contributed by atoms with Gasteiger partial charge in [0.05, 0.1) is 5.25 Å². The fourth-order valence-corrected chi connectivity index (χ4v) is 3.53. The number of thioether (sulfide) groups is 1. The number of anilines is 1. The first-order valence-electron chi connectivity index (χ1n) is 9.00. The van der Waals surface area contributed by atoms with Crippen molar-refractivity contribution in [2.24, 2.45) is 0 Å². The molecule has 0 aliphatic heterocycles. The first kappa shape index (κ1) is 19.2. The molecule has 1 amide bonds. The van der Waals surface area contributed by atoms with Gasteiger partial charge in [0.25, 0.3) is 0 Å². The number of para-hydroxylation sites is 1. The van der Waals surface area contributed by atoms with Crippen LogP contribution in [0.4, 0.5) is 5.69 Å². The number of aromatic amines is 1. The summed E-state index contributed by atoms with van der Waals surface area (Å²) in [5.74, 6) is 0.985. The predicted molar refractivity (Wildman–Crippen MR) is 111 cm³/mol. The first-order chi connectivity index (χ1) is 13.0. The summed E-state index contributed by atoms with van der Waals surface area (Å²) in [6.07, 6.45) is 0. The number of benzene rings is 2. The van der Waals surface area contributed by atoms with Crippen LogP contribution >= 0.6 is 11.8 Å². The summed E-state index contributed by atoms with van der Waals surface area (Å²) in [5.41, 5.74) is 4.08. The summed E-state index contributed by atoms with van der Waals surface area (Å²) in [5, 5.41) is 10.5. The lowest BCUT2D eigenvalue weighted by Crippen LogP contribution is -2.24. The van der Waals surface area contributed by atoms with Gasteiger partial charge in [-0.05, 0) is 30.9 Å². The summed E-state index contributed by atoms with van der Waals surface area (Å²) in [6.45, 7) is 8.13. The Bertz CT molecular complexity index is 921. The molecular formula is C21H24N4OS. The zero-order valence-corrected chi connectivity index (χ0v) is 16.8. The summed E-state index contributed by atoms with van der Waals surface area (Å²) in [4.78, 5) is 17.2. The Morgan fingerprint density at radius 3 is 2.52 bits per heavy atom. The molecule has 0 unspecified atom stereocenters. The first-order valence-corrected chi connectivity index (χ1v) is 9.88. The van der Waals surface area contributed by atoms with Gasteiger partial charge in [0.1, 0.15) is 0 Å². The maximum absolute atomic E-state index is 12.7. The third-order valence-electron chi connectivity index (χ3n) is 4.34. The number of carbonyl (C=O) groups is 1. The van der Waals surface area contributed by atoms with Gasteiger partial charge in [-0.25, -0.2) is 4.98 Å². The van der Waals surface area contributed by atoms with Gasteiger partial charge >= 0.3 is 0 Å². The van der Waals surface area contributed by atoms with Crippen LogP contribution in [0.25, 0.3) is 11.4 Å². The molecular weight excluding hydrogens is 356 g/mol. The fraction of sp³-hybridized carbons (Fsp3) is 0.286. The average Bonchev–Trinajstić information content (AvgIpc) is 3.12. The third kappa shape index (κ3) is 4.57. The maximum Gasteiger partial charge on any atom is 0.237 e.